The number of nitrogens with one attached hydrogen (secondary N) is 1. The predicted octanol–water partition coefficient (Wildman–Crippen LogP) is 3.96. The van der Waals surface area contributed by atoms with Crippen LogP contribution in [0.5, 0.6) is 0 Å². The first-order valence-corrected chi connectivity index (χ1v) is 5.73. The van der Waals surface area contributed by atoms with Crippen LogP contribution in [0.2, 0.25) is 5.02 Å². The minimum absolute atomic E-state index is 0.00481. The molecule has 0 heterocycles. The Hall–Kier alpha value is -2.07. The van der Waals surface area contributed by atoms with E-state index in [0.717, 1.165) is 5.56 Å². The summed E-state index contributed by atoms with van der Waals surface area (Å²) in [5.41, 5.74) is 1.84. The average Bonchev–Trinajstić information content (AvgIpc) is 2.39. The normalized spacial score (nSPS) is 10.1. The summed E-state index contributed by atoms with van der Waals surface area (Å²) in [4.78, 5) is 10.7. The number of hydrogen-bond acceptors (Lipinski definition) is 3. The van der Waals surface area contributed by atoms with Crippen LogP contribution in [0, 0.1) is 10.1 Å². The smallest absolute Gasteiger partial charge is 0.278 e. The van der Waals surface area contributed by atoms with Crippen LogP contribution in [-0.4, -0.2) is 12.0 Å². The molecular weight excluding hydrogens is 252 g/mol. The molecule has 18 heavy (non-hydrogen) atoms. The Morgan fingerprint density at radius 3 is 2.39 bits per heavy atom. The van der Waals surface area contributed by atoms with E-state index in [9.17, 15) is 10.1 Å². The zero-order chi connectivity index (χ0) is 13.1. The lowest BCUT2D eigenvalue weighted by atomic mass is 10.0. The van der Waals surface area contributed by atoms with Crippen molar-refractivity contribution < 1.29 is 4.92 Å². The maximum absolute atomic E-state index is 11.1. The first-order valence-electron chi connectivity index (χ1n) is 5.35. The molecule has 0 bridgehead atoms. The van der Waals surface area contributed by atoms with Gasteiger partial charge in [-0.1, -0.05) is 41.9 Å². The van der Waals surface area contributed by atoms with E-state index in [4.69, 9.17) is 11.6 Å². The molecule has 0 saturated heterocycles. The Morgan fingerprint density at radius 1 is 1.17 bits per heavy atom. The van der Waals surface area contributed by atoms with E-state index in [2.05, 4.69) is 5.32 Å². The van der Waals surface area contributed by atoms with Gasteiger partial charge in [-0.3, -0.25) is 10.1 Å². The topological polar surface area (TPSA) is 55.2 Å². The van der Waals surface area contributed by atoms with Crippen LogP contribution in [-0.2, 0) is 0 Å². The zero-order valence-corrected chi connectivity index (χ0v) is 10.4. The molecule has 4 nitrogen and oxygen atoms in total. The molecule has 5 heteroatoms. The summed E-state index contributed by atoms with van der Waals surface area (Å²) < 4.78 is 0. The monoisotopic (exact) mass is 262 g/mol. The molecule has 0 aliphatic rings. The van der Waals surface area contributed by atoms with E-state index >= 15 is 0 Å². The summed E-state index contributed by atoms with van der Waals surface area (Å²) in [6.45, 7) is 0. The van der Waals surface area contributed by atoms with Gasteiger partial charge in [0, 0.05) is 13.1 Å². The molecule has 1 N–H and O–H groups in total. The van der Waals surface area contributed by atoms with E-state index in [-0.39, 0.29) is 5.69 Å². The summed E-state index contributed by atoms with van der Waals surface area (Å²) in [7, 11) is 1.72. The molecule has 0 aliphatic carbocycles. The van der Waals surface area contributed by atoms with Crippen LogP contribution in [0.3, 0.4) is 0 Å². The SMILES string of the molecule is CNc1ccc([N+](=O)[O-])c(-c2ccccc2)c1Cl. The lowest BCUT2D eigenvalue weighted by Gasteiger charge is -2.10. The summed E-state index contributed by atoms with van der Waals surface area (Å²) >= 11 is 6.23. The third kappa shape index (κ3) is 2.15. The maximum Gasteiger partial charge on any atom is 0.278 e. The Bertz CT molecular complexity index is 585. The van der Waals surface area contributed by atoms with Crippen molar-refractivity contribution in [2.45, 2.75) is 0 Å². The fourth-order valence-corrected chi connectivity index (χ4v) is 2.15. The second kappa shape index (κ2) is 5.06. The highest BCUT2D eigenvalue weighted by Crippen LogP contribution is 2.40. The number of nitro benzene ring substituents is 1. The summed E-state index contributed by atoms with van der Waals surface area (Å²) in [5, 5.41) is 14.3. The molecule has 0 unspecified atom stereocenters. The van der Waals surface area contributed by atoms with Gasteiger partial charge in [0.2, 0.25) is 0 Å². The van der Waals surface area contributed by atoms with Gasteiger partial charge < -0.3 is 5.32 Å². The Kier molecular flexibility index (Phi) is 3.48. The number of halogens is 1. The highest BCUT2D eigenvalue weighted by atomic mass is 35.5. The molecule has 2 aromatic rings. The summed E-state index contributed by atoms with van der Waals surface area (Å²) in [5.74, 6) is 0. The Morgan fingerprint density at radius 2 is 1.83 bits per heavy atom. The first kappa shape index (κ1) is 12.4. The second-order valence-corrected chi connectivity index (χ2v) is 4.07. The predicted molar refractivity (Wildman–Crippen MR) is 73.1 cm³/mol. The average molecular weight is 263 g/mol. The van der Waals surface area contributed by atoms with E-state index in [1.807, 2.05) is 18.2 Å². The highest BCUT2D eigenvalue weighted by molar-refractivity contribution is 6.36. The van der Waals surface area contributed by atoms with Crippen molar-refractivity contribution in [1.29, 1.82) is 0 Å². The number of benzene rings is 2. The quantitative estimate of drug-likeness (QED) is 0.673. The van der Waals surface area contributed by atoms with Gasteiger partial charge in [-0.15, -0.1) is 0 Å². The molecule has 92 valence electrons. The molecule has 0 fully saturated rings. The molecule has 2 aromatic carbocycles. The van der Waals surface area contributed by atoms with Crippen molar-refractivity contribution in [3.63, 3.8) is 0 Å². The highest BCUT2D eigenvalue weighted by Gasteiger charge is 2.20. The summed E-state index contributed by atoms with van der Waals surface area (Å²) in [6, 6.07) is 12.2. The van der Waals surface area contributed by atoms with Gasteiger partial charge in [0.25, 0.3) is 5.69 Å². The van der Waals surface area contributed by atoms with Crippen molar-refractivity contribution in [3.8, 4) is 11.1 Å². The van der Waals surface area contributed by atoms with Gasteiger partial charge >= 0.3 is 0 Å². The van der Waals surface area contributed by atoms with E-state index in [1.54, 1.807) is 25.2 Å². The standard InChI is InChI=1S/C13H11ClN2O2/c1-15-10-7-8-11(16(17)18)12(13(10)14)9-5-3-2-4-6-9/h2-8,15H,1H3. The minimum Gasteiger partial charge on any atom is -0.387 e. The van der Waals surface area contributed by atoms with Crippen molar-refractivity contribution in [2.24, 2.45) is 0 Å². The van der Waals surface area contributed by atoms with E-state index < -0.39 is 4.92 Å². The largest absolute Gasteiger partial charge is 0.387 e. The van der Waals surface area contributed by atoms with E-state index in [0.29, 0.717) is 16.3 Å². The molecule has 0 aliphatic heterocycles. The van der Waals surface area contributed by atoms with Gasteiger partial charge in [0.1, 0.15) is 0 Å². The molecule has 0 aromatic heterocycles. The number of nitrogens with zero attached hydrogens (tertiary/aromatic N) is 1. The zero-order valence-electron chi connectivity index (χ0n) is 9.68. The molecule has 0 atom stereocenters. The minimum atomic E-state index is -0.423. The van der Waals surface area contributed by atoms with Crippen molar-refractivity contribution in [2.75, 3.05) is 12.4 Å². The second-order valence-electron chi connectivity index (χ2n) is 3.69. The number of anilines is 1. The lowest BCUT2D eigenvalue weighted by molar-refractivity contribution is -0.384. The fraction of sp³-hybridized carbons (Fsp3) is 0.0769. The molecular formula is C13H11ClN2O2. The Labute approximate surface area is 109 Å². The molecule has 0 saturated carbocycles. The maximum atomic E-state index is 11.1. The van der Waals surface area contributed by atoms with Crippen LogP contribution in [0.1, 0.15) is 0 Å². The third-order valence-electron chi connectivity index (χ3n) is 2.65. The van der Waals surface area contributed by atoms with Crippen LogP contribution >= 0.6 is 11.6 Å². The van der Waals surface area contributed by atoms with Gasteiger partial charge in [-0.05, 0) is 11.6 Å². The third-order valence-corrected chi connectivity index (χ3v) is 3.04. The molecule has 2 rings (SSSR count). The number of hydrogen-bond donors (Lipinski definition) is 1. The number of rotatable bonds is 3. The lowest BCUT2D eigenvalue weighted by Crippen LogP contribution is -1.96. The fourth-order valence-electron chi connectivity index (χ4n) is 1.79. The van der Waals surface area contributed by atoms with Crippen LogP contribution in [0.15, 0.2) is 42.5 Å². The molecule has 0 amide bonds. The first-order chi connectivity index (χ1) is 8.65. The molecule has 0 spiro atoms. The van der Waals surface area contributed by atoms with Gasteiger partial charge in [-0.25, -0.2) is 0 Å². The van der Waals surface area contributed by atoms with Crippen LogP contribution < -0.4 is 5.32 Å². The van der Waals surface area contributed by atoms with Gasteiger partial charge in [0.05, 0.1) is 21.2 Å². The van der Waals surface area contributed by atoms with Crippen molar-refractivity contribution >= 4 is 23.0 Å². The summed E-state index contributed by atoms with van der Waals surface area (Å²) in [6.07, 6.45) is 0. The van der Waals surface area contributed by atoms with Gasteiger partial charge in [-0.2, -0.15) is 0 Å². The van der Waals surface area contributed by atoms with Crippen LogP contribution in [0.25, 0.3) is 11.1 Å². The van der Waals surface area contributed by atoms with E-state index in [1.165, 1.54) is 6.07 Å². The van der Waals surface area contributed by atoms with Crippen LogP contribution in [0.4, 0.5) is 11.4 Å². The van der Waals surface area contributed by atoms with Crippen molar-refractivity contribution in [1.82, 2.24) is 0 Å². The molecule has 0 radical (unpaired) electrons. The van der Waals surface area contributed by atoms with Crippen molar-refractivity contribution in [3.05, 3.63) is 57.6 Å². The van der Waals surface area contributed by atoms with Gasteiger partial charge in [0.15, 0.2) is 0 Å². The number of nitro groups is 1. The Balaban J connectivity index is 2.73.